The molecule has 0 saturated heterocycles. The molecule has 0 aliphatic carbocycles. The van der Waals surface area contributed by atoms with E-state index in [-0.39, 0.29) is 18.6 Å². The van der Waals surface area contributed by atoms with Crippen LogP contribution in [0.4, 0.5) is 11.9 Å². The van der Waals surface area contributed by atoms with Crippen molar-refractivity contribution in [1.82, 2.24) is 15.0 Å². The molecule has 0 saturated carbocycles. The predicted molar refractivity (Wildman–Crippen MR) is 68.2 cm³/mol. The first-order valence-corrected chi connectivity index (χ1v) is 5.91. The summed E-state index contributed by atoms with van der Waals surface area (Å²) < 4.78 is 4.93. The van der Waals surface area contributed by atoms with E-state index in [1.807, 2.05) is 0 Å². The zero-order chi connectivity index (χ0) is 13.2. The Kier molecular flexibility index (Phi) is 6.74. The van der Waals surface area contributed by atoms with E-state index in [4.69, 9.17) is 15.7 Å². The highest BCUT2D eigenvalue weighted by Gasteiger charge is 2.04. The fraction of sp³-hybridized carbons (Fsp3) is 0.700. The van der Waals surface area contributed by atoms with Crippen LogP contribution in [0.3, 0.4) is 0 Å². The van der Waals surface area contributed by atoms with Crippen molar-refractivity contribution >= 4 is 11.9 Å². The number of nitrogen functional groups attached to an aromatic ring is 1. The first kappa shape index (κ1) is 14.4. The van der Waals surface area contributed by atoms with E-state index in [0.29, 0.717) is 5.95 Å². The number of hydrogen-bond donors (Lipinski definition) is 4. The second kappa shape index (κ2) is 8.43. The molecule has 0 aromatic carbocycles. The van der Waals surface area contributed by atoms with Crippen LogP contribution in [0.2, 0.25) is 0 Å². The van der Waals surface area contributed by atoms with Gasteiger partial charge in [0.1, 0.15) is 0 Å². The molecule has 0 bridgehead atoms. The van der Waals surface area contributed by atoms with Crippen molar-refractivity contribution in [1.29, 1.82) is 0 Å². The number of anilines is 2. The van der Waals surface area contributed by atoms with Crippen LogP contribution in [0.25, 0.3) is 0 Å². The number of hydrogen-bond acceptors (Lipinski definition) is 8. The Morgan fingerprint density at radius 2 is 1.83 bits per heavy atom. The lowest BCUT2D eigenvalue weighted by Gasteiger charge is -2.07. The molecular formula is C10H20N6O2. The van der Waals surface area contributed by atoms with Crippen molar-refractivity contribution in [2.75, 3.05) is 31.0 Å². The normalized spacial score (nSPS) is 10.2. The highest BCUT2D eigenvalue weighted by atomic mass is 16.5. The Bertz CT molecular complexity index is 327. The monoisotopic (exact) mass is 256 g/mol. The number of aliphatic hydroxyl groups is 1. The Hall–Kier alpha value is -1.67. The minimum atomic E-state index is 0.209. The van der Waals surface area contributed by atoms with E-state index in [9.17, 15) is 0 Å². The van der Waals surface area contributed by atoms with E-state index in [2.05, 4.69) is 25.7 Å². The van der Waals surface area contributed by atoms with Crippen LogP contribution >= 0.6 is 0 Å². The highest BCUT2D eigenvalue weighted by molar-refractivity contribution is 5.34. The number of nitrogens with zero attached hydrogens (tertiary/aromatic N) is 3. The summed E-state index contributed by atoms with van der Waals surface area (Å²) in [7, 11) is 1.48. The number of nitrogens with one attached hydrogen (secondary N) is 2. The molecule has 1 rings (SSSR count). The number of ether oxygens (including phenoxy) is 1. The average molecular weight is 256 g/mol. The summed E-state index contributed by atoms with van der Waals surface area (Å²) in [6.07, 6.45) is 3.91. The molecule has 0 atom stereocenters. The highest BCUT2D eigenvalue weighted by Crippen LogP contribution is 2.10. The molecule has 0 amide bonds. The smallest absolute Gasteiger partial charge is 0.322 e. The number of nitrogens with two attached hydrogens (primary N) is 1. The van der Waals surface area contributed by atoms with Crippen LogP contribution in [-0.4, -0.2) is 40.3 Å². The van der Waals surface area contributed by atoms with Gasteiger partial charge in [0.2, 0.25) is 11.9 Å². The lowest BCUT2D eigenvalue weighted by Crippen LogP contribution is -2.14. The Morgan fingerprint density at radius 1 is 1.11 bits per heavy atom. The third-order valence-electron chi connectivity index (χ3n) is 2.29. The van der Waals surface area contributed by atoms with Crippen molar-refractivity contribution in [2.24, 2.45) is 5.84 Å². The zero-order valence-corrected chi connectivity index (χ0v) is 10.5. The minimum Gasteiger partial charge on any atom is -0.467 e. The van der Waals surface area contributed by atoms with Gasteiger partial charge < -0.3 is 15.2 Å². The first-order valence-electron chi connectivity index (χ1n) is 5.91. The molecule has 0 spiro atoms. The number of unbranched alkanes of at least 4 members (excludes halogenated alkanes) is 3. The summed E-state index contributed by atoms with van der Waals surface area (Å²) in [6, 6.07) is 0.209. The van der Waals surface area contributed by atoms with Crippen molar-refractivity contribution < 1.29 is 9.84 Å². The van der Waals surface area contributed by atoms with E-state index < -0.39 is 0 Å². The van der Waals surface area contributed by atoms with Crippen LogP contribution in [-0.2, 0) is 0 Å². The predicted octanol–water partition coefficient (Wildman–Crippen LogP) is 0.130. The molecule has 8 heteroatoms. The van der Waals surface area contributed by atoms with Gasteiger partial charge in [-0.1, -0.05) is 12.8 Å². The fourth-order valence-electron chi connectivity index (χ4n) is 1.38. The number of aromatic nitrogens is 3. The molecule has 0 aliphatic rings. The van der Waals surface area contributed by atoms with Gasteiger partial charge in [0.15, 0.2) is 0 Å². The molecule has 0 radical (unpaired) electrons. The summed E-state index contributed by atoms with van der Waals surface area (Å²) in [5, 5.41) is 11.7. The van der Waals surface area contributed by atoms with E-state index in [1.165, 1.54) is 7.11 Å². The molecule has 18 heavy (non-hydrogen) atoms. The minimum absolute atomic E-state index is 0.209. The third-order valence-corrected chi connectivity index (χ3v) is 2.29. The fourth-order valence-corrected chi connectivity index (χ4v) is 1.38. The lowest BCUT2D eigenvalue weighted by molar-refractivity contribution is 0.283. The van der Waals surface area contributed by atoms with E-state index >= 15 is 0 Å². The zero-order valence-electron chi connectivity index (χ0n) is 10.5. The molecule has 102 valence electrons. The van der Waals surface area contributed by atoms with Gasteiger partial charge >= 0.3 is 6.01 Å². The van der Waals surface area contributed by atoms with Crippen molar-refractivity contribution in [2.45, 2.75) is 25.7 Å². The number of aliphatic hydroxyl groups excluding tert-OH is 1. The second-order valence-corrected chi connectivity index (χ2v) is 3.68. The average Bonchev–Trinajstić information content (AvgIpc) is 2.42. The molecule has 8 nitrogen and oxygen atoms in total. The third kappa shape index (κ3) is 5.11. The van der Waals surface area contributed by atoms with Gasteiger partial charge in [-0.2, -0.15) is 15.0 Å². The van der Waals surface area contributed by atoms with Gasteiger partial charge in [-0.25, -0.2) is 5.84 Å². The Morgan fingerprint density at radius 3 is 2.50 bits per heavy atom. The summed E-state index contributed by atoms with van der Waals surface area (Å²) >= 11 is 0. The topological polar surface area (TPSA) is 118 Å². The van der Waals surface area contributed by atoms with Crippen LogP contribution in [0.1, 0.15) is 25.7 Å². The maximum absolute atomic E-state index is 8.64. The summed E-state index contributed by atoms with van der Waals surface area (Å²) in [5.74, 6) is 5.92. The number of hydrazine groups is 1. The number of rotatable bonds is 9. The lowest BCUT2D eigenvalue weighted by atomic mass is 10.2. The Labute approximate surface area is 106 Å². The number of methoxy groups -OCH3 is 1. The summed E-state index contributed by atoms with van der Waals surface area (Å²) in [4.78, 5) is 12.0. The Balaban J connectivity index is 2.36. The van der Waals surface area contributed by atoms with Crippen LogP contribution < -0.4 is 21.3 Å². The van der Waals surface area contributed by atoms with E-state index in [0.717, 1.165) is 32.2 Å². The standard InChI is InChI=1S/C10H20N6O2/c1-18-10-14-8(13-9(15-10)16-11)12-6-4-2-3-5-7-17/h17H,2-7,11H2,1H3,(H2,12,13,14,15,16). The van der Waals surface area contributed by atoms with Gasteiger partial charge in [-0.3, -0.25) is 5.43 Å². The maximum Gasteiger partial charge on any atom is 0.322 e. The van der Waals surface area contributed by atoms with Crippen molar-refractivity contribution in [3.05, 3.63) is 0 Å². The largest absolute Gasteiger partial charge is 0.467 e. The first-order chi connectivity index (χ1) is 8.80. The molecule has 5 N–H and O–H groups in total. The van der Waals surface area contributed by atoms with Crippen LogP contribution in [0.15, 0.2) is 0 Å². The molecular weight excluding hydrogens is 236 g/mol. The van der Waals surface area contributed by atoms with Gasteiger partial charge in [0.25, 0.3) is 0 Å². The SMILES string of the molecule is COc1nc(NN)nc(NCCCCCCO)n1. The molecule has 1 aromatic heterocycles. The van der Waals surface area contributed by atoms with Gasteiger partial charge in [-0.15, -0.1) is 0 Å². The summed E-state index contributed by atoms with van der Waals surface area (Å²) in [5.41, 5.74) is 2.35. The molecule has 1 aromatic rings. The van der Waals surface area contributed by atoms with Crippen molar-refractivity contribution in [3.8, 4) is 6.01 Å². The molecule has 1 heterocycles. The molecule has 0 fully saturated rings. The molecule has 0 aliphatic heterocycles. The van der Waals surface area contributed by atoms with Gasteiger partial charge in [0, 0.05) is 13.2 Å². The maximum atomic E-state index is 8.64. The quantitative estimate of drug-likeness (QED) is 0.280. The van der Waals surface area contributed by atoms with Crippen molar-refractivity contribution in [3.63, 3.8) is 0 Å². The second-order valence-electron chi connectivity index (χ2n) is 3.68. The van der Waals surface area contributed by atoms with Crippen LogP contribution in [0.5, 0.6) is 6.01 Å². The summed E-state index contributed by atoms with van der Waals surface area (Å²) in [6.45, 7) is 1.01. The van der Waals surface area contributed by atoms with E-state index in [1.54, 1.807) is 0 Å². The molecule has 0 unspecified atom stereocenters. The van der Waals surface area contributed by atoms with Gasteiger partial charge in [0.05, 0.1) is 7.11 Å². The van der Waals surface area contributed by atoms with Crippen LogP contribution in [0, 0.1) is 0 Å². The van der Waals surface area contributed by atoms with Gasteiger partial charge in [-0.05, 0) is 12.8 Å².